The number of ether oxygens (including phenoxy) is 1. The van der Waals surface area contributed by atoms with Crippen molar-refractivity contribution in [2.24, 2.45) is 16.3 Å². The quantitative estimate of drug-likeness (QED) is 0.255. The number of hydrogen-bond donors (Lipinski definition) is 2. The molecule has 1 unspecified atom stereocenters. The van der Waals surface area contributed by atoms with Gasteiger partial charge in [-0.2, -0.15) is 0 Å². The standard InChI is InChI=1S/C19H40N4O3S.HI/c1-16(2)13-17(23-8-10-26-11-9-23)14-21-18(20-5)22-15-19(3,4)7-12-27(6,24)25;/h16-17H,7-15H2,1-6H3,(H2,20,21,22);1H. The molecule has 0 aromatic heterocycles. The number of halogens is 1. The number of sulfone groups is 1. The largest absolute Gasteiger partial charge is 0.379 e. The Labute approximate surface area is 189 Å². The van der Waals surface area contributed by atoms with Gasteiger partial charge in [0, 0.05) is 45.5 Å². The third kappa shape index (κ3) is 12.4. The number of hydrogen-bond acceptors (Lipinski definition) is 5. The Balaban J connectivity index is 0.00000729. The normalized spacial score (nSPS) is 17.9. The van der Waals surface area contributed by atoms with Gasteiger partial charge >= 0.3 is 0 Å². The second-order valence-electron chi connectivity index (χ2n) is 8.78. The number of aliphatic imine (C=N–C) groups is 1. The van der Waals surface area contributed by atoms with Crippen LogP contribution in [0.3, 0.4) is 0 Å². The highest BCUT2D eigenvalue weighted by Crippen LogP contribution is 2.19. The number of morpholine rings is 1. The molecular weight excluding hydrogens is 491 g/mol. The van der Waals surface area contributed by atoms with Crippen LogP contribution in [0.25, 0.3) is 0 Å². The van der Waals surface area contributed by atoms with E-state index in [-0.39, 0.29) is 35.1 Å². The van der Waals surface area contributed by atoms with Crippen molar-refractivity contribution in [2.45, 2.75) is 46.6 Å². The van der Waals surface area contributed by atoms with Crippen molar-refractivity contribution in [1.82, 2.24) is 15.5 Å². The first-order valence-corrected chi connectivity index (χ1v) is 12.0. The van der Waals surface area contributed by atoms with E-state index >= 15 is 0 Å². The van der Waals surface area contributed by atoms with Crippen LogP contribution in [0.4, 0.5) is 0 Å². The van der Waals surface area contributed by atoms with E-state index in [9.17, 15) is 8.42 Å². The maximum atomic E-state index is 11.4. The van der Waals surface area contributed by atoms with Gasteiger partial charge in [0.25, 0.3) is 0 Å². The lowest BCUT2D eigenvalue weighted by Crippen LogP contribution is -2.51. The maximum absolute atomic E-state index is 11.4. The lowest BCUT2D eigenvalue weighted by atomic mass is 9.90. The molecule has 7 nitrogen and oxygen atoms in total. The summed E-state index contributed by atoms with van der Waals surface area (Å²) in [6.45, 7) is 13.7. The van der Waals surface area contributed by atoms with Gasteiger partial charge in [-0.05, 0) is 24.2 Å². The van der Waals surface area contributed by atoms with Crippen LogP contribution >= 0.6 is 24.0 Å². The molecule has 1 rings (SSSR count). The van der Waals surface area contributed by atoms with Crippen molar-refractivity contribution >= 4 is 39.8 Å². The number of nitrogens with one attached hydrogen (secondary N) is 2. The molecule has 1 aliphatic rings. The zero-order valence-electron chi connectivity index (χ0n) is 18.5. The molecule has 0 aromatic carbocycles. The molecule has 2 N–H and O–H groups in total. The molecule has 0 spiro atoms. The first-order chi connectivity index (χ1) is 12.5. The van der Waals surface area contributed by atoms with Gasteiger partial charge in [0.2, 0.25) is 0 Å². The van der Waals surface area contributed by atoms with E-state index in [1.807, 2.05) is 0 Å². The van der Waals surface area contributed by atoms with Gasteiger partial charge in [-0.25, -0.2) is 8.42 Å². The predicted molar refractivity (Wildman–Crippen MR) is 129 cm³/mol. The second kappa shape index (κ2) is 13.2. The topological polar surface area (TPSA) is 83.0 Å². The highest BCUT2D eigenvalue weighted by Gasteiger charge is 2.23. The molecule has 0 aliphatic carbocycles. The lowest BCUT2D eigenvalue weighted by molar-refractivity contribution is 0.0132. The van der Waals surface area contributed by atoms with Crippen LogP contribution in [0.5, 0.6) is 0 Å². The van der Waals surface area contributed by atoms with E-state index in [1.54, 1.807) is 7.05 Å². The van der Waals surface area contributed by atoms with Crippen LogP contribution in [-0.2, 0) is 14.6 Å². The van der Waals surface area contributed by atoms with Crippen molar-refractivity contribution in [3.8, 4) is 0 Å². The summed E-state index contributed by atoms with van der Waals surface area (Å²) in [6, 6.07) is 0.450. The van der Waals surface area contributed by atoms with Crippen molar-refractivity contribution in [1.29, 1.82) is 0 Å². The molecule has 1 aliphatic heterocycles. The van der Waals surface area contributed by atoms with Gasteiger partial charge in [-0.1, -0.05) is 27.7 Å². The Hall–Kier alpha value is -0.130. The average Bonchev–Trinajstić information content (AvgIpc) is 2.59. The van der Waals surface area contributed by atoms with E-state index in [1.165, 1.54) is 6.26 Å². The molecule has 1 heterocycles. The van der Waals surface area contributed by atoms with Crippen LogP contribution < -0.4 is 10.6 Å². The maximum Gasteiger partial charge on any atom is 0.191 e. The molecule has 0 aromatic rings. The predicted octanol–water partition coefficient (Wildman–Crippen LogP) is 1.98. The Kier molecular flexibility index (Phi) is 13.2. The summed E-state index contributed by atoms with van der Waals surface area (Å²) in [5, 5.41) is 6.81. The highest BCUT2D eigenvalue weighted by atomic mass is 127. The fraction of sp³-hybridized carbons (Fsp3) is 0.947. The minimum absolute atomic E-state index is 0. The van der Waals surface area contributed by atoms with Gasteiger partial charge < -0.3 is 15.4 Å². The van der Waals surface area contributed by atoms with Gasteiger partial charge in [-0.15, -0.1) is 24.0 Å². The number of rotatable bonds is 10. The second-order valence-corrected chi connectivity index (χ2v) is 11.0. The average molecular weight is 533 g/mol. The van der Waals surface area contributed by atoms with E-state index < -0.39 is 9.84 Å². The van der Waals surface area contributed by atoms with E-state index in [4.69, 9.17) is 4.74 Å². The van der Waals surface area contributed by atoms with Crippen molar-refractivity contribution in [2.75, 3.05) is 58.4 Å². The molecule has 28 heavy (non-hydrogen) atoms. The summed E-state index contributed by atoms with van der Waals surface area (Å²) in [5.74, 6) is 1.61. The van der Waals surface area contributed by atoms with Crippen molar-refractivity contribution in [3.05, 3.63) is 0 Å². The zero-order valence-corrected chi connectivity index (χ0v) is 21.6. The molecule has 0 bridgehead atoms. The first-order valence-electron chi connectivity index (χ1n) is 9.96. The van der Waals surface area contributed by atoms with E-state index in [0.717, 1.165) is 45.2 Å². The third-order valence-corrected chi connectivity index (χ3v) is 5.86. The minimum Gasteiger partial charge on any atom is -0.379 e. The number of nitrogens with zero attached hydrogens (tertiary/aromatic N) is 2. The molecule has 0 radical (unpaired) electrons. The van der Waals surface area contributed by atoms with Crippen molar-refractivity contribution in [3.63, 3.8) is 0 Å². The Bertz CT molecular complexity index is 562. The molecule has 1 saturated heterocycles. The number of guanidine groups is 1. The molecule has 1 atom stereocenters. The summed E-state index contributed by atoms with van der Waals surface area (Å²) in [6.07, 6.45) is 3.04. The van der Waals surface area contributed by atoms with Gasteiger partial charge in [-0.3, -0.25) is 9.89 Å². The summed E-state index contributed by atoms with van der Waals surface area (Å²) < 4.78 is 28.3. The smallest absolute Gasteiger partial charge is 0.191 e. The van der Waals surface area contributed by atoms with E-state index in [2.05, 4.69) is 48.2 Å². The van der Waals surface area contributed by atoms with Crippen LogP contribution in [0.15, 0.2) is 4.99 Å². The Morgan fingerprint density at radius 1 is 1.21 bits per heavy atom. The third-order valence-electron chi connectivity index (χ3n) is 4.92. The van der Waals surface area contributed by atoms with Crippen molar-refractivity contribution < 1.29 is 13.2 Å². The monoisotopic (exact) mass is 532 g/mol. The van der Waals surface area contributed by atoms with Gasteiger partial charge in [0.05, 0.1) is 19.0 Å². The molecule has 9 heteroatoms. The lowest BCUT2D eigenvalue weighted by Gasteiger charge is -2.36. The molecular formula is C19H41IN4O3S. The first kappa shape index (κ1) is 27.9. The fourth-order valence-electron chi connectivity index (χ4n) is 3.16. The van der Waals surface area contributed by atoms with Gasteiger partial charge in [0.15, 0.2) is 5.96 Å². The Morgan fingerprint density at radius 2 is 1.82 bits per heavy atom. The summed E-state index contributed by atoms with van der Waals surface area (Å²) in [7, 11) is -1.17. The van der Waals surface area contributed by atoms with Gasteiger partial charge in [0.1, 0.15) is 9.84 Å². The molecule has 1 fully saturated rings. The molecule has 168 valence electrons. The molecule has 0 saturated carbocycles. The van der Waals surface area contributed by atoms with E-state index in [0.29, 0.717) is 24.9 Å². The summed E-state index contributed by atoms with van der Waals surface area (Å²) >= 11 is 0. The van der Waals surface area contributed by atoms with Crippen LogP contribution in [0.2, 0.25) is 0 Å². The SMILES string of the molecule is CN=C(NCC(CC(C)C)N1CCOCC1)NCC(C)(C)CCS(C)(=O)=O.I. The van der Waals surface area contributed by atoms with Crippen LogP contribution in [0.1, 0.15) is 40.5 Å². The van der Waals surface area contributed by atoms with Crippen LogP contribution in [0, 0.1) is 11.3 Å². The molecule has 0 amide bonds. The Morgan fingerprint density at radius 3 is 2.32 bits per heavy atom. The summed E-state index contributed by atoms with van der Waals surface area (Å²) in [5.41, 5.74) is -0.123. The highest BCUT2D eigenvalue weighted by molar-refractivity contribution is 14.0. The van der Waals surface area contributed by atoms with Crippen LogP contribution in [-0.4, -0.2) is 83.8 Å². The zero-order chi connectivity index (χ0) is 20.5. The fourth-order valence-corrected chi connectivity index (χ4v) is 4.08. The minimum atomic E-state index is -2.94. The summed E-state index contributed by atoms with van der Waals surface area (Å²) in [4.78, 5) is 6.83.